The van der Waals surface area contributed by atoms with Gasteiger partial charge in [0.1, 0.15) is 0 Å². The lowest BCUT2D eigenvalue weighted by molar-refractivity contribution is 0.0753. The van der Waals surface area contributed by atoms with Gasteiger partial charge in [-0.25, -0.2) is 0 Å². The van der Waals surface area contributed by atoms with Gasteiger partial charge in [0.25, 0.3) is 0 Å². The van der Waals surface area contributed by atoms with Crippen molar-refractivity contribution in [1.82, 2.24) is 9.80 Å². The van der Waals surface area contributed by atoms with Gasteiger partial charge in [-0.1, -0.05) is 26.7 Å². The van der Waals surface area contributed by atoms with Crippen LogP contribution < -0.4 is 0 Å². The van der Waals surface area contributed by atoms with Crippen LogP contribution in [0.25, 0.3) is 0 Å². The van der Waals surface area contributed by atoms with Crippen LogP contribution in [0.1, 0.15) is 59.8 Å². The molecule has 21 heavy (non-hydrogen) atoms. The van der Waals surface area contributed by atoms with Crippen LogP contribution in [0.2, 0.25) is 0 Å². The van der Waals surface area contributed by atoms with Gasteiger partial charge in [0.05, 0.1) is 6.10 Å². The predicted octanol–water partition coefficient (Wildman–Crippen LogP) is 3.64. The maximum absolute atomic E-state index is 5.57. The zero-order chi connectivity index (χ0) is 15.5. The van der Waals surface area contributed by atoms with Crippen LogP contribution in [0.3, 0.4) is 0 Å². The Morgan fingerprint density at radius 3 is 1.90 bits per heavy atom. The summed E-state index contributed by atoms with van der Waals surface area (Å²) < 4.78 is 5.57. The molecule has 126 valence electrons. The van der Waals surface area contributed by atoms with Crippen molar-refractivity contribution in [2.24, 2.45) is 5.92 Å². The van der Waals surface area contributed by atoms with Crippen molar-refractivity contribution >= 4 is 0 Å². The first-order valence-corrected chi connectivity index (χ1v) is 9.14. The highest BCUT2D eigenvalue weighted by Gasteiger charge is 2.16. The molecule has 0 N–H and O–H groups in total. The van der Waals surface area contributed by atoms with Crippen LogP contribution in [0.15, 0.2) is 0 Å². The Bertz CT molecular complexity index is 235. The average molecular weight is 299 g/mol. The van der Waals surface area contributed by atoms with Crippen molar-refractivity contribution < 1.29 is 4.74 Å². The zero-order valence-electron chi connectivity index (χ0n) is 14.9. The number of ether oxygens (including phenoxy) is 1. The summed E-state index contributed by atoms with van der Waals surface area (Å²) in [6.07, 6.45) is 6.99. The van der Waals surface area contributed by atoms with Gasteiger partial charge >= 0.3 is 0 Å². The topological polar surface area (TPSA) is 15.7 Å². The minimum atomic E-state index is 0.386. The molecule has 0 aliphatic carbocycles. The molecule has 0 amide bonds. The summed E-state index contributed by atoms with van der Waals surface area (Å²) in [7, 11) is 0. The Hall–Kier alpha value is -0.120. The van der Waals surface area contributed by atoms with Gasteiger partial charge < -0.3 is 14.5 Å². The molecule has 0 aromatic carbocycles. The zero-order valence-corrected chi connectivity index (χ0v) is 14.9. The second-order valence-corrected chi connectivity index (χ2v) is 7.20. The van der Waals surface area contributed by atoms with E-state index in [9.17, 15) is 0 Å². The molecule has 0 radical (unpaired) electrons. The first-order chi connectivity index (χ1) is 10.1. The van der Waals surface area contributed by atoms with Crippen LogP contribution in [-0.4, -0.2) is 61.8 Å². The molecule has 3 nitrogen and oxygen atoms in total. The third-order valence-corrected chi connectivity index (χ3v) is 4.31. The molecule has 0 aromatic rings. The van der Waals surface area contributed by atoms with Crippen molar-refractivity contribution in [2.45, 2.75) is 65.9 Å². The fraction of sp³-hybridized carbons (Fsp3) is 1.00. The minimum absolute atomic E-state index is 0.386. The van der Waals surface area contributed by atoms with E-state index in [4.69, 9.17) is 4.74 Å². The maximum Gasteiger partial charge on any atom is 0.0518 e. The summed E-state index contributed by atoms with van der Waals surface area (Å²) in [5.41, 5.74) is 0. The maximum atomic E-state index is 5.57. The molecule has 0 atom stereocenters. The molecule has 0 saturated carbocycles. The van der Waals surface area contributed by atoms with E-state index in [0.29, 0.717) is 6.10 Å². The lowest BCUT2D eigenvalue weighted by Crippen LogP contribution is -2.46. The van der Waals surface area contributed by atoms with E-state index in [1.807, 2.05) is 0 Å². The van der Waals surface area contributed by atoms with E-state index in [0.717, 1.165) is 12.5 Å². The van der Waals surface area contributed by atoms with Crippen molar-refractivity contribution in [3.63, 3.8) is 0 Å². The second kappa shape index (κ2) is 11.4. The Morgan fingerprint density at radius 2 is 1.33 bits per heavy atom. The number of piperazine rings is 1. The molecule has 0 bridgehead atoms. The summed E-state index contributed by atoms with van der Waals surface area (Å²) in [4.78, 5) is 5.29. The fourth-order valence-electron chi connectivity index (χ4n) is 2.79. The van der Waals surface area contributed by atoms with E-state index in [1.165, 1.54) is 71.4 Å². The van der Waals surface area contributed by atoms with Gasteiger partial charge in [0, 0.05) is 32.8 Å². The highest BCUT2D eigenvalue weighted by Crippen LogP contribution is 2.08. The normalized spacial score (nSPS) is 18.0. The average Bonchev–Trinajstić information content (AvgIpc) is 2.45. The fourth-order valence-corrected chi connectivity index (χ4v) is 2.79. The summed E-state index contributed by atoms with van der Waals surface area (Å²) >= 11 is 0. The molecule has 0 unspecified atom stereocenters. The predicted molar refractivity (Wildman–Crippen MR) is 91.9 cm³/mol. The second-order valence-electron chi connectivity index (χ2n) is 7.20. The van der Waals surface area contributed by atoms with Gasteiger partial charge in [-0.2, -0.15) is 0 Å². The summed E-state index contributed by atoms with van der Waals surface area (Å²) in [5, 5.41) is 0. The summed E-state index contributed by atoms with van der Waals surface area (Å²) in [5.74, 6) is 0.836. The number of nitrogens with zero attached hydrogens (tertiary/aromatic N) is 2. The molecule has 1 aliphatic heterocycles. The third-order valence-electron chi connectivity index (χ3n) is 4.31. The highest BCUT2D eigenvalue weighted by atomic mass is 16.5. The molecule has 0 spiro atoms. The van der Waals surface area contributed by atoms with Crippen LogP contribution in [0.4, 0.5) is 0 Å². The smallest absolute Gasteiger partial charge is 0.0518 e. The SMILES string of the molecule is CC(C)CCN1CCN(CCCCCCOC(C)C)CC1. The molecule has 1 fully saturated rings. The van der Waals surface area contributed by atoms with Crippen molar-refractivity contribution in [2.75, 3.05) is 45.9 Å². The Morgan fingerprint density at radius 1 is 0.762 bits per heavy atom. The molecule has 1 heterocycles. The number of rotatable bonds is 11. The number of unbranched alkanes of at least 4 members (excludes halogenated alkanes) is 3. The van der Waals surface area contributed by atoms with Gasteiger partial charge in [-0.15, -0.1) is 0 Å². The lowest BCUT2D eigenvalue weighted by atomic mass is 10.1. The summed E-state index contributed by atoms with van der Waals surface area (Å²) in [6, 6.07) is 0. The first kappa shape index (κ1) is 18.9. The van der Waals surface area contributed by atoms with Crippen molar-refractivity contribution in [3.8, 4) is 0 Å². The van der Waals surface area contributed by atoms with Gasteiger partial charge in [0.2, 0.25) is 0 Å². The van der Waals surface area contributed by atoms with E-state index < -0.39 is 0 Å². The van der Waals surface area contributed by atoms with Gasteiger partial charge in [0.15, 0.2) is 0 Å². The molecule has 3 heteroatoms. The third kappa shape index (κ3) is 10.3. The van der Waals surface area contributed by atoms with Crippen LogP contribution in [-0.2, 0) is 4.74 Å². The monoisotopic (exact) mass is 298 g/mol. The van der Waals surface area contributed by atoms with Crippen molar-refractivity contribution in [1.29, 1.82) is 0 Å². The van der Waals surface area contributed by atoms with E-state index in [1.54, 1.807) is 0 Å². The number of hydrogen-bond donors (Lipinski definition) is 0. The van der Waals surface area contributed by atoms with Crippen LogP contribution in [0, 0.1) is 5.92 Å². The molecular formula is C18H38N2O. The molecular weight excluding hydrogens is 260 g/mol. The van der Waals surface area contributed by atoms with E-state index in [-0.39, 0.29) is 0 Å². The minimum Gasteiger partial charge on any atom is -0.379 e. The van der Waals surface area contributed by atoms with Crippen LogP contribution >= 0.6 is 0 Å². The summed E-state index contributed by atoms with van der Waals surface area (Å²) in [6.45, 7) is 17.5. The van der Waals surface area contributed by atoms with Gasteiger partial charge in [-0.3, -0.25) is 0 Å². The standard InChI is InChI=1S/C18H38N2O/c1-17(2)9-11-20-14-12-19(13-15-20)10-7-5-6-8-16-21-18(3)4/h17-18H,5-16H2,1-4H3. The highest BCUT2D eigenvalue weighted by molar-refractivity contribution is 4.72. The first-order valence-electron chi connectivity index (χ1n) is 9.14. The van der Waals surface area contributed by atoms with Gasteiger partial charge in [-0.05, 0) is 52.1 Å². The Labute approximate surface area is 133 Å². The van der Waals surface area contributed by atoms with Crippen molar-refractivity contribution in [3.05, 3.63) is 0 Å². The largest absolute Gasteiger partial charge is 0.379 e. The molecule has 0 aromatic heterocycles. The van der Waals surface area contributed by atoms with E-state index >= 15 is 0 Å². The van der Waals surface area contributed by atoms with Crippen LogP contribution in [0.5, 0.6) is 0 Å². The Kier molecular flexibility index (Phi) is 10.3. The molecule has 1 saturated heterocycles. The molecule has 1 aliphatic rings. The quantitative estimate of drug-likeness (QED) is 0.542. The molecule has 1 rings (SSSR count). The Balaban J connectivity index is 1.91. The van der Waals surface area contributed by atoms with E-state index in [2.05, 4.69) is 37.5 Å². The lowest BCUT2D eigenvalue weighted by Gasteiger charge is -2.35. The number of hydrogen-bond acceptors (Lipinski definition) is 3.